The first-order valence-electron chi connectivity index (χ1n) is 10.2. The summed E-state index contributed by atoms with van der Waals surface area (Å²) in [6.07, 6.45) is 1.69. The minimum Gasteiger partial charge on any atom is -0.465 e. The van der Waals surface area contributed by atoms with Gasteiger partial charge in [-0.1, -0.05) is 35.9 Å². The normalized spacial score (nSPS) is 10.2. The maximum atomic E-state index is 12.4. The summed E-state index contributed by atoms with van der Waals surface area (Å²) in [7, 11) is 1.36. The van der Waals surface area contributed by atoms with Crippen LogP contribution in [0.2, 0.25) is 0 Å². The molecule has 0 atom stereocenters. The molecule has 4 aromatic rings. The van der Waals surface area contributed by atoms with Crippen LogP contribution in [0.5, 0.6) is 0 Å². The number of ether oxygens (including phenoxy) is 1. The van der Waals surface area contributed by atoms with Gasteiger partial charge in [-0.25, -0.2) is 9.78 Å². The first kappa shape index (κ1) is 24.4. The molecule has 8 heteroatoms. The molecule has 0 saturated heterocycles. The van der Waals surface area contributed by atoms with E-state index in [1.54, 1.807) is 12.3 Å². The highest BCUT2D eigenvalue weighted by atomic mass is 32.2. The van der Waals surface area contributed by atoms with E-state index in [0.717, 1.165) is 20.9 Å². The van der Waals surface area contributed by atoms with Gasteiger partial charge in [0.1, 0.15) is 0 Å². The molecule has 2 heterocycles. The van der Waals surface area contributed by atoms with E-state index in [9.17, 15) is 4.79 Å². The highest BCUT2D eigenvalue weighted by Crippen LogP contribution is 2.32. The minimum atomic E-state index is -0.417. The summed E-state index contributed by atoms with van der Waals surface area (Å²) in [4.78, 5) is 18.9. The van der Waals surface area contributed by atoms with Gasteiger partial charge in [-0.15, -0.1) is 12.6 Å². The van der Waals surface area contributed by atoms with Crippen molar-refractivity contribution in [2.75, 3.05) is 13.7 Å². The van der Waals surface area contributed by atoms with E-state index in [0.29, 0.717) is 17.8 Å². The third-order valence-electron chi connectivity index (χ3n) is 4.64. The Morgan fingerprint density at radius 1 is 1.15 bits per heavy atom. The molecule has 0 spiro atoms. The summed E-state index contributed by atoms with van der Waals surface area (Å²) in [6.45, 7) is 2.60. The second-order valence-electron chi connectivity index (χ2n) is 6.98. The molecule has 0 fully saturated rings. The number of esters is 1. The predicted octanol–water partition coefficient (Wildman–Crippen LogP) is 5.28. The quantitative estimate of drug-likeness (QED) is 0.171. The minimum absolute atomic E-state index is 0.186. The lowest BCUT2D eigenvalue weighted by Crippen LogP contribution is -2.18. The Morgan fingerprint density at radius 3 is 2.52 bits per heavy atom. The SMILES string of the molecule is COC(=O)c1c(CNCC#N)n(Sc2ccccc2)c2ncccc12.Cc1ccc(S)cc1. The lowest BCUT2D eigenvalue weighted by atomic mass is 10.1. The van der Waals surface area contributed by atoms with Gasteiger partial charge in [0.2, 0.25) is 0 Å². The number of hydrogen-bond donors (Lipinski definition) is 2. The molecule has 0 aliphatic heterocycles. The largest absolute Gasteiger partial charge is 0.465 e. The summed E-state index contributed by atoms with van der Waals surface area (Å²) >= 11 is 5.61. The lowest BCUT2D eigenvalue weighted by Gasteiger charge is -2.10. The summed E-state index contributed by atoms with van der Waals surface area (Å²) in [5, 5.41) is 12.5. The van der Waals surface area contributed by atoms with Gasteiger partial charge < -0.3 is 4.74 Å². The van der Waals surface area contributed by atoms with Crippen LogP contribution in [-0.4, -0.2) is 28.6 Å². The number of fused-ring (bicyclic) bond motifs is 1. The maximum Gasteiger partial charge on any atom is 0.340 e. The molecule has 0 amide bonds. The standard InChI is InChI=1S/C18H16N4O2S.C7H8S/c1-24-18(23)16-14-8-5-10-21-17(14)22(15(16)12-20-11-9-19)25-13-6-3-2-4-7-13;1-6-2-4-7(8)5-3-6/h2-8,10,20H,11-12H2,1H3;2-5,8H,1H3. The van der Waals surface area contributed by atoms with Gasteiger partial charge in [-0.3, -0.25) is 9.29 Å². The fourth-order valence-corrected chi connectivity index (χ4v) is 4.23. The van der Waals surface area contributed by atoms with Crippen LogP contribution < -0.4 is 5.32 Å². The maximum absolute atomic E-state index is 12.4. The van der Waals surface area contributed by atoms with Crippen LogP contribution in [0, 0.1) is 18.3 Å². The van der Waals surface area contributed by atoms with E-state index in [2.05, 4.69) is 29.9 Å². The van der Waals surface area contributed by atoms with Crippen LogP contribution in [0.25, 0.3) is 11.0 Å². The highest BCUT2D eigenvalue weighted by molar-refractivity contribution is 7.98. The number of nitrogens with one attached hydrogen (secondary N) is 1. The molecule has 168 valence electrons. The van der Waals surface area contributed by atoms with Crippen molar-refractivity contribution in [3.8, 4) is 6.07 Å². The predicted molar refractivity (Wildman–Crippen MR) is 135 cm³/mol. The number of carbonyl (C=O) groups is 1. The first-order valence-corrected chi connectivity index (χ1v) is 11.4. The molecule has 0 saturated carbocycles. The number of nitriles is 1. The Hall–Kier alpha value is -3.25. The van der Waals surface area contributed by atoms with Gasteiger partial charge in [0.05, 0.1) is 31.0 Å². The number of thiol groups is 1. The van der Waals surface area contributed by atoms with Crippen molar-refractivity contribution in [2.24, 2.45) is 0 Å². The Kier molecular flexibility index (Phi) is 8.95. The van der Waals surface area contributed by atoms with E-state index in [-0.39, 0.29) is 6.54 Å². The molecule has 0 aliphatic rings. The molecule has 0 bridgehead atoms. The monoisotopic (exact) mass is 476 g/mol. The third-order valence-corrected chi connectivity index (χ3v) is 6.00. The number of aromatic nitrogens is 2. The molecule has 4 rings (SSSR count). The Morgan fingerprint density at radius 2 is 1.88 bits per heavy atom. The van der Waals surface area contributed by atoms with E-state index < -0.39 is 5.97 Å². The zero-order valence-electron chi connectivity index (χ0n) is 18.4. The number of carbonyl (C=O) groups excluding carboxylic acids is 1. The molecular weight excluding hydrogens is 452 g/mol. The van der Waals surface area contributed by atoms with Crippen LogP contribution in [-0.2, 0) is 11.3 Å². The van der Waals surface area contributed by atoms with Gasteiger partial charge >= 0.3 is 5.97 Å². The summed E-state index contributed by atoms with van der Waals surface area (Å²) in [6, 6.07) is 23.6. The second kappa shape index (κ2) is 12.1. The van der Waals surface area contributed by atoms with E-state index >= 15 is 0 Å². The fourth-order valence-electron chi connectivity index (χ4n) is 3.10. The van der Waals surface area contributed by atoms with Crippen molar-refractivity contribution in [3.63, 3.8) is 0 Å². The van der Waals surface area contributed by atoms with Gasteiger partial charge in [-0.2, -0.15) is 5.26 Å². The smallest absolute Gasteiger partial charge is 0.340 e. The molecule has 0 aliphatic carbocycles. The number of rotatable bonds is 6. The molecule has 2 aromatic carbocycles. The molecule has 6 nitrogen and oxygen atoms in total. The average Bonchev–Trinajstić information content (AvgIpc) is 3.15. The van der Waals surface area contributed by atoms with Crippen LogP contribution in [0.3, 0.4) is 0 Å². The topological polar surface area (TPSA) is 79.9 Å². The van der Waals surface area contributed by atoms with Gasteiger partial charge in [0.15, 0.2) is 5.65 Å². The van der Waals surface area contributed by atoms with Crippen molar-refractivity contribution in [1.29, 1.82) is 5.26 Å². The summed E-state index contributed by atoms with van der Waals surface area (Å²) in [5.41, 5.74) is 3.16. The van der Waals surface area contributed by atoms with Crippen LogP contribution in [0.15, 0.2) is 82.7 Å². The Balaban J connectivity index is 0.000000323. The lowest BCUT2D eigenvalue weighted by molar-refractivity contribution is 0.0601. The molecule has 2 aromatic heterocycles. The van der Waals surface area contributed by atoms with E-state index in [1.165, 1.54) is 24.6 Å². The zero-order chi connectivity index (χ0) is 23.6. The number of methoxy groups -OCH3 is 1. The van der Waals surface area contributed by atoms with Gasteiger partial charge in [0.25, 0.3) is 0 Å². The average molecular weight is 477 g/mol. The highest BCUT2D eigenvalue weighted by Gasteiger charge is 2.24. The summed E-state index contributed by atoms with van der Waals surface area (Å²) < 4.78 is 6.89. The van der Waals surface area contributed by atoms with E-state index in [4.69, 9.17) is 10.00 Å². The van der Waals surface area contributed by atoms with Crippen LogP contribution >= 0.6 is 24.6 Å². The number of benzene rings is 2. The number of pyridine rings is 1. The van der Waals surface area contributed by atoms with Crippen LogP contribution in [0.4, 0.5) is 0 Å². The zero-order valence-corrected chi connectivity index (χ0v) is 20.1. The number of aryl methyl sites for hydroxylation is 1. The Labute approximate surface area is 203 Å². The first-order chi connectivity index (χ1) is 16.0. The van der Waals surface area contributed by atoms with Crippen molar-refractivity contribution in [2.45, 2.75) is 23.3 Å². The molecular formula is C25H24N4O2S2. The fraction of sp³-hybridized carbons (Fsp3) is 0.160. The van der Waals surface area contributed by atoms with E-state index in [1.807, 2.05) is 70.7 Å². The van der Waals surface area contributed by atoms with Crippen molar-refractivity contribution in [1.82, 2.24) is 14.3 Å². The molecule has 0 unspecified atom stereocenters. The van der Waals surface area contributed by atoms with Crippen molar-refractivity contribution in [3.05, 3.63) is 89.7 Å². The van der Waals surface area contributed by atoms with Gasteiger partial charge in [0, 0.05) is 27.9 Å². The molecule has 1 N–H and O–H groups in total. The van der Waals surface area contributed by atoms with Crippen molar-refractivity contribution >= 4 is 41.6 Å². The van der Waals surface area contributed by atoms with Gasteiger partial charge in [-0.05, 0) is 55.3 Å². The third kappa shape index (κ3) is 6.39. The Bertz CT molecular complexity index is 1230. The second-order valence-corrected chi connectivity index (χ2v) is 8.52. The molecule has 33 heavy (non-hydrogen) atoms. The number of hydrogen-bond acceptors (Lipinski definition) is 7. The summed E-state index contributed by atoms with van der Waals surface area (Å²) in [5.74, 6) is -0.417. The van der Waals surface area contributed by atoms with Crippen molar-refractivity contribution < 1.29 is 9.53 Å². The van der Waals surface area contributed by atoms with Crippen LogP contribution in [0.1, 0.15) is 21.6 Å². The molecule has 0 radical (unpaired) electrons. The number of nitrogens with zero attached hydrogens (tertiary/aromatic N) is 3.